The van der Waals surface area contributed by atoms with Gasteiger partial charge in [0.25, 0.3) is 0 Å². The predicted molar refractivity (Wildman–Crippen MR) is 106 cm³/mol. The molecule has 5 nitrogen and oxygen atoms in total. The zero-order chi connectivity index (χ0) is 18.5. The summed E-state index contributed by atoms with van der Waals surface area (Å²) >= 11 is 7.49. The van der Waals surface area contributed by atoms with Crippen molar-refractivity contribution < 1.29 is 14.3 Å². The Morgan fingerprint density at radius 3 is 2.65 bits per heavy atom. The van der Waals surface area contributed by atoms with E-state index in [1.165, 1.54) is 26.0 Å². The molecule has 1 aromatic heterocycles. The Morgan fingerprint density at radius 1 is 1.12 bits per heavy atom. The first kappa shape index (κ1) is 18.4. The number of nitrogens with zero attached hydrogens (tertiary/aromatic N) is 1. The Labute approximate surface area is 160 Å². The minimum Gasteiger partial charge on any atom is -0.495 e. The molecule has 3 rings (SSSR count). The van der Waals surface area contributed by atoms with Gasteiger partial charge in [0.2, 0.25) is 5.91 Å². The third-order valence-corrected chi connectivity index (χ3v) is 4.90. The smallest absolute Gasteiger partial charge is 0.234 e. The summed E-state index contributed by atoms with van der Waals surface area (Å²) in [5, 5.41) is 5.06. The van der Waals surface area contributed by atoms with Crippen molar-refractivity contribution >= 4 is 45.9 Å². The number of benzene rings is 2. The van der Waals surface area contributed by atoms with Gasteiger partial charge in [-0.3, -0.25) is 4.79 Å². The van der Waals surface area contributed by atoms with E-state index in [9.17, 15) is 4.79 Å². The molecule has 1 N–H and O–H groups in total. The summed E-state index contributed by atoms with van der Waals surface area (Å²) < 4.78 is 10.4. The van der Waals surface area contributed by atoms with Gasteiger partial charge in [0.1, 0.15) is 11.5 Å². The Morgan fingerprint density at radius 2 is 1.88 bits per heavy atom. The van der Waals surface area contributed by atoms with E-state index in [0.29, 0.717) is 22.2 Å². The number of aromatic nitrogens is 1. The first-order valence-corrected chi connectivity index (χ1v) is 9.17. The average Bonchev–Trinajstić information content (AvgIpc) is 2.66. The quantitative estimate of drug-likeness (QED) is 0.623. The number of carbonyl (C=O) groups excluding carboxylic acids is 1. The monoisotopic (exact) mass is 388 g/mol. The SMILES string of the molecule is COc1cc(OC)c(NC(=O)CSc2ccc3ccccc3n2)cc1Cl. The number of hydrogen-bond donors (Lipinski definition) is 1. The van der Waals surface area contributed by atoms with Gasteiger partial charge in [0, 0.05) is 11.5 Å². The maximum atomic E-state index is 12.3. The summed E-state index contributed by atoms with van der Waals surface area (Å²) in [4.78, 5) is 16.8. The van der Waals surface area contributed by atoms with Crippen LogP contribution in [0.4, 0.5) is 5.69 Å². The van der Waals surface area contributed by atoms with E-state index in [4.69, 9.17) is 21.1 Å². The number of pyridine rings is 1. The molecule has 0 unspecified atom stereocenters. The van der Waals surface area contributed by atoms with Crippen LogP contribution < -0.4 is 14.8 Å². The molecular formula is C19H17ClN2O3S. The lowest BCUT2D eigenvalue weighted by atomic mass is 10.2. The van der Waals surface area contributed by atoms with Crippen LogP contribution in [0.2, 0.25) is 5.02 Å². The second kappa shape index (κ2) is 8.29. The van der Waals surface area contributed by atoms with Gasteiger partial charge in [-0.2, -0.15) is 0 Å². The number of amides is 1. The highest BCUT2D eigenvalue weighted by Crippen LogP contribution is 2.36. The largest absolute Gasteiger partial charge is 0.495 e. The number of fused-ring (bicyclic) bond motifs is 1. The van der Waals surface area contributed by atoms with Gasteiger partial charge in [0.15, 0.2) is 0 Å². The molecule has 1 heterocycles. The minimum absolute atomic E-state index is 0.176. The van der Waals surface area contributed by atoms with Gasteiger partial charge in [-0.25, -0.2) is 4.98 Å². The number of halogens is 1. The first-order valence-electron chi connectivity index (χ1n) is 7.80. The number of ether oxygens (including phenoxy) is 2. The molecule has 1 amide bonds. The van der Waals surface area contributed by atoms with Crippen LogP contribution in [0.25, 0.3) is 10.9 Å². The molecule has 0 fully saturated rings. The van der Waals surface area contributed by atoms with Gasteiger partial charge in [-0.1, -0.05) is 47.6 Å². The molecule has 0 saturated heterocycles. The predicted octanol–water partition coefficient (Wildman–Crippen LogP) is 4.64. The highest BCUT2D eigenvalue weighted by Gasteiger charge is 2.13. The van der Waals surface area contributed by atoms with E-state index in [1.54, 1.807) is 12.1 Å². The number of carbonyl (C=O) groups is 1. The average molecular weight is 389 g/mol. The Kier molecular flexibility index (Phi) is 5.85. The molecule has 0 aliphatic rings. The van der Waals surface area contributed by atoms with E-state index in [1.807, 2.05) is 36.4 Å². The summed E-state index contributed by atoms with van der Waals surface area (Å²) in [6.45, 7) is 0. The summed E-state index contributed by atoms with van der Waals surface area (Å²) in [5.41, 5.74) is 1.40. The van der Waals surface area contributed by atoms with E-state index in [2.05, 4.69) is 10.3 Å². The number of rotatable bonds is 6. The number of thioether (sulfide) groups is 1. The molecule has 26 heavy (non-hydrogen) atoms. The van der Waals surface area contributed by atoms with Crippen molar-refractivity contribution in [1.29, 1.82) is 0 Å². The number of anilines is 1. The van der Waals surface area contributed by atoms with Gasteiger partial charge in [0.05, 0.1) is 41.2 Å². The van der Waals surface area contributed by atoms with Crippen LogP contribution in [0.5, 0.6) is 11.5 Å². The van der Waals surface area contributed by atoms with E-state index in [-0.39, 0.29) is 11.7 Å². The second-order valence-electron chi connectivity index (χ2n) is 5.37. The third-order valence-electron chi connectivity index (χ3n) is 3.67. The molecule has 2 aromatic carbocycles. The van der Waals surface area contributed by atoms with Crippen molar-refractivity contribution in [2.75, 3.05) is 25.3 Å². The van der Waals surface area contributed by atoms with E-state index in [0.717, 1.165) is 15.9 Å². The molecule has 0 aliphatic carbocycles. The summed E-state index contributed by atoms with van der Waals surface area (Å²) in [6.07, 6.45) is 0. The van der Waals surface area contributed by atoms with Crippen LogP contribution in [-0.2, 0) is 4.79 Å². The van der Waals surface area contributed by atoms with Crippen LogP contribution in [0, 0.1) is 0 Å². The zero-order valence-electron chi connectivity index (χ0n) is 14.3. The van der Waals surface area contributed by atoms with Crippen molar-refractivity contribution in [3.63, 3.8) is 0 Å². The van der Waals surface area contributed by atoms with Gasteiger partial charge in [-0.05, 0) is 18.2 Å². The maximum Gasteiger partial charge on any atom is 0.234 e. The normalized spacial score (nSPS) is 10.6. The fraction of sp³-hybridized carbons (Fsp3) is 0.158. The topological polar surface area (TPSA) is 60.5 Å². The maximum absolute atomic E-state index is 12.3. The number of methoxy groups -OCH3 is 2. The molecule has 0 atom stereocenters. The Hall–Kier alpha value is -2.44. The molecule has 0 bridgehead atoms. The highest BCUT2D eigenvalue weighted by molar-refractivity contribution is 7.99. The first-order chi connectivity index (χ1) is 12.6. The van der Waals surface area contributed by atoms with Gasteiger partial charge in [-0.15, -0.1) is 0 Å². The van der Waals surface area contributed by atoms with Crippen LogP contribution in [0.1, 0.15) is 0 Å². The van der Waals surface area contributed by atoms with E-state index >= 15 is 0 Å². The third kappa shape index (κ3) is 4.20. The lowest BCUT2D eigenvalue weighted by Gasteiger charge is -2.13. The molecule has 0 aliphatic heterocycles. The van der Waals surface area contributed by atoms with Crippen molar-refractivity contribution in [1.82, 2.24) is 4.98 Å². The lowest BCUT2D eigenvalue weighted by molar-refractivity contribution is -0.113. The van der Waals surface area contributed by atoms with Crippen molar-refractivity contribution in [3.8, 4) is 11.5 Å². The molecule has 7 heteroatoms. The number of nitrogens with one attached hydrogen (secondary N) is 1. The van der Waals surface area contributed by atoms with Crippen LogP contribution >= 0.6 is 23.4 Å². The summed E-state index contributed by atoms with van der Waals surface area (Å²) in [5.74, 6) is 1.01. The van der Waals surface area contributed by atoms with E-state index < -0.39 is 0 Å². The zero-order valence-corrected chi connectivity index (χ0v) is 15.9. The minimum atomic E-state index is -0.176. The second-order valence-corrected chi connectivity index (χ2v) is 6.77. The standard InChI is InChI=1S/C19H17ClN2O3S/c1-24-16-10-17(25-2)15(9-13(16)20)21-18(23)11-26-19-8-7-12-5-3-4-6-14(12)22-19/h3-10H,11H2,1-2H3,(H,21,23). The summed E-state index contributed by atoms with van der Waals surface area (Å²) in [7, 11) is 3.04. The molecule has 0 radical (unpaired) electrons. The molecular weight excluding hydrogens is 372 g/mol. The number of hydrogen-bond acceptors (Lipinski definition) is 5. The molecule has 0 spiro atoms. The Bertz CT molecular complexity index is 949. The van der Waals surface area contributed by atoms with Crippen LogP contribution in [-0.4, -0.2) is 30.9 Å². The molecule has 134 valence electrons. The van der Waals surface area contributed by atoms with Crippen molar-refractivity contribution in [2.45, 2.75) is 5.03 Å². The molecule has 0 saturated carbocycles. The van der Waals surface area contributed by atoms with Gasteiger partial charge >= 0.3 is 0 Å². The van der Waals surface area contributed by atoms with Crippen LogP contribution in [0.3, 0.4) is 0 Å². The Balaban J connectivity index is 1.67. The van der Waals surface area contributed by atoms with Gasteiger partial charge < -0.3 is 14.8 Å². The lowest BCUT2D eigenvalue weighted by Crippen LogP contribution is -2.15. The van der Waals surface area contributed by atoms with Crippen LogP contribution in [0.15, 0.2) is 53.6 Å². The number of para-hydroxylation sites is 1. The fourth-order valence-corrected chi connectivity index (χ4v) is 3.33. The summed E-state index contributed by atoms with van der Waals surface area (Å²) in [6, 6.07) is 15.0. The van der Waals surface area contributed by atoms with Crippen molar-refractivity contribution in [2.24, 2.45) is 0 Å². The molecule has 3 aromatic rings. The fourth-order valence-electron chi connectivity index (χ4n) is 2.41. The van der Waals surface area contributed by atoms with Crippen molar-refractivity contribution in [3.05, 3.63) is 53.6 Å². The highest BCUT2D eigenvalue weighted by atomic mass is 35.5.